The second kappa shape index (κ2) is 9.60. The predicted octanol–water partition coefficient (Wildman–Crippen LogP) is 5.29. The van der Waals surface area contributed by atoms with Crippen molar-refractivity contribution in [1.29, 1.82) is 0 Å². The van der Waals surface area contributed by atoms with Crippen molar-refractivity contribution in [3.63, 3.8) is 0 Å². The van der Waals surface area contributed by atoms with E-state index in [4.69, 9.17) is 14.7 Å². The van der Waals surface area contributed by atoms with Crippen LogP contribution < -0.4 is 9.64 Å². The van der Waals surface area contributed by atoms with Gasteiger partial charge in [0.05, 0.1) is 17.8 Å². The van der Waals surface area contributed by atoms with E-state index in [1.807, 2.05) is 31.2 Å². The van der Waals surface area contributed by atoms with Crippen molar-refractivity contribution in [2.24, 2.45) is 5.92 Å². The molecule has 3 aromatic rings. The van der Waals surface area contributed by atoms with E-state index in [2.05, 4.69) is 11.8 Å². The molecule has 5 rings (SSSR count). The third-order valence-corrected chi connectivity index (χ3v) is 6.74. The van der Waals surface area contributed by atoms with Gasteiger partial charge in [0.1, 0.15) is 22.9 Å². The first-order valence-corrected chi connectivity index (χ1v) is 12.0. The van der Waals surface area contributed by atoms with Crippen LogP contribution in [0.4, 0.5) is 14.7 Å². The molecule has 2 aliphatic heterocycles. The molecule has 1 aromatic heterocycles. The SMILES string of the molecule is Cc1cccc(Oc2nc(N3CCC(C)CC3)nc3c2CN(C(=O)c2c(F)cccc2F)CC3)c1. The molecule has 2 aromatic carbocycles. The highest BCUT2D eigenvalue weighted by atomic mass is 19.1. The summed E-state index contributed by atoms with van der Waals surface area (Å²) in [6.07, 6.45) is 2.59. The van der Waals surface area contributed by atoms with Crippen molar-refractivity contribution < 1.29 is 18.3 Å². The van der Waals surface area contributed by atoms with Gasteiger partial charge >= 0.3 is 0 Å². The second-order valence-corrected chi connectivity index (χ2v) is 9.42. The lowest BCUT2D eigenvalue weighted by molar-refractivity contribution is 0.0722. The minimum Gasteiger partial charge on any atom is -0.438 e. The highest BCUT2D eigenvalue weighted by Crippen LogP contribution is 2.33. The Morgan fingerprint density at radius 1 is 1.03 bits per heavy atom. The van der Waals surface area contributed by atoms with Gasteiger partial charge in [-0.2, -0.15) is 4.98 Å². The Hall–Kier alpha value is -3.55. The van der Waals surface area contributed by atoms with Gasteiger partial charge in [0, 0.05) is 26.1 Å². The second-order valence-electron chi connectivity index (χ2n) is 9.42. The average Bonchev–Trinajstić information content (AvgIpc) is 2.84. The van der Waals surface area contributed by atoms with Gasteiger partial charge in [-0.15, -0.1) is 0 Å². The number of rotatable bonds is 4. The zero-order valence-electron chi connectivity index (χ0n) is 19.9. The number of aromatic nitrogens is 2. The van der Waals surface area contributed by atoms with Crippen molar-refractivity contribution in [3.8, 4) is 11.6 Å². The highest BCUT2D eigenvalue weighted by molar-refractivity contribution is 5.95. The summed E-state index contributed by atoms with van der Waals surface area (Å²) in [5.74, 6) is -0.135. The summed E-state index contributed by atoms with van der Waals surface area (Å²) < 4.78 is 34.8. The van der Waals surface area contributed by atoms with Crippen molar-refractivity contribution in [1.82, 2.24) is 14.9 Å². The van der Waals surface area contributed by atoms with Crippen LogP contribution in [-0.2, 0) is 13.0 Å². The fourth-order valence-corrected chi connectivity index (χ4v) is 4.63. The fourth-order valence-electron chi connectivity index (χ4n) is 4.63. The molecule has 0 unspecified atom stereocenters. The minimum absolute atomic E-state index is 0.112. The van der Waals surface area contributed by atoms with Gasteiger partial charge in [-0.05, 0) is 55.5 Å². The van der Waals surface area contributed by atoms with E-state index in [0.29, 0.717) is 42.0 Å². The monoisotopic (exact) mass is 478 g/mol. The maximum Gasteiger partial charge on any atom is 0.260 e. The van der Waals surface area contributed by atoms with Crippen molar-refractivity contribution in [2.45, 2.75) is 39.7 Å². The summed E-state index contributed by atoms with van der Waals surface area (Å²) >= 11 is 0. The number of fused-ring (bicyclic) bond motifs is 1. The Bertz CT molecular complexity index is 1240. The molecule has 0 atom stereocenters. The molecule has 0 radical (unpaired) electrons. The maximum atomic E-state index is 14.3. The highest BCUT2D eigenvalue weighted by Gasteiger charge is 2.31. The third kappa shape index (κ3) is 4.83. The zero-order chi connectivity index (χ0) is 24.5. The summed E-state index contributed by atoms with van der Waals surface area (Å²) in [5, 5.41) is 0. The van der Waals surface area contributed by atoms with Crippen LogP contribution in [0.1, 0.15) is 46.9 Å². The molecule has 0 spiro atoms. The number of hydrogen-bond donors (Lipinski definition) is 0. The number of aryl methyl sites for hydroxylation is 1. The zero-order valence-corrected chi connectivity index (χ0v) is 19.9. The normalized spacial score (nSPS) is 16.2. The van der Waals surface area contributed by atoms with Crippen molar-refractivity contribution >= 4 is 11.9 Å². The smallest absolute Gasteiger partial charge is 0.260 e. The van der Waals surface area contributed by atoms with Gasteiger partial charge in [-0.25, -0.2) is 13.8 Å². The van der Waals surface area contributed by atoms with Crippen molar-refractivity contribution in [3.05, 3.63) is 76.5 Å². The van der Waals surface area contributed by atoms with E-state index in [0.717, 1.165) is 49.3 Å². The van der Waals surface area contributed by atoms with Gasteiger partial charge in [-0.3, -0.25) is 4.79 Å². The Labute approximate surface area is 203 Å². The molecule has 0 bridgehead atoms. The van der Waals surface area contributed by atoms with Crippen molar-refractivity contribution in [2.75, 3.05) is 24.5 Å². The number of hydrogen-bond acceptors (Lipinski definition) is 5. The number of carbonyl (C=O) groups is 1. The van der Waals surface area contributed by atoms with E-state index in [9.17, 15) is 13.6 Å². The molecule has 2 aliphatic rings. The van der Waals surface area contributed by atoms with Crippen LogP contribution in [0.15, 0.2) is 42.5 Å². The number of halogens is 2. The molecule has 3 heterocycles. The molecule has 1 fully saturated rings. The first kappa shape index (κ1) is 23.2. The van der Waals surface area contributed by atoms with Crippen LogP contribution in [0.3, 0.4) is 0 Å². The Kier molecular flexibility index (Phi) is 6.36. The maximum absolute atomic E-state index is 14.3. The summed E-state index contributed by atoms with van der Waals surface area (Å²) in [6, 6.07) is 11.1. The van der Waals surface area contributed by atoms with Gasteiger partial charge in [0.25, 0.3) is 5.91 Å². The quantitative estimate of drug-likeness (QED) is 0.510. The molecule has 0 N–H and O–H groups in total. The molecular formula is C27H28F2N4O2. The van der Waals surface area contributed by atoms with Crippen LogP contribution in [0.2, 0.25) is 0 Å². The number of ether oxygens (including phenoxy) is 1. The van der Waals surface area contributed by atoms with Gasteiger partial charge in [-0.1, -0.05) is 25.1 Å². The number of nitrogens with zero attached hydrogens (tertiary/aromatic N) is 4. The topological polar surface area (TPSA) is 58.6 Å². The molecule has 6 nitrogen and oxygen atoms in total. The molecule has 8 heteroatoms. The van der Waals surface area contributed by atoms with E-state index >= 15 is 0 Å². The number of anilines is 1. The summed E-state index contributed by atoms with van der Waals surface area (Å²) in [5.41, 5.74) is 1.96. The third-order valence-electron chi connectivity index (χ3n) is 6.74. The van der Waals surface area contributed by atoms with Gasteiger partial charge in [0.2, 0.25) is 11.8 Å². The van der Waals surface area contributed by atoms with E-state index in [1.54, 1.807) is 0 Å². The molecule has 1 amide bonds. The van der Waals surface area contributed by atoms with Crippen LogP contribution >= 0.6 is 0 Å². The molecule has 0 aliphatic carbocycles. The van der Waals surface area contributed by atoms with Gasteiger partial charge < -0.3 is 14.5 Å². The van der Waals surface area contributed by atoms with Gasteiger partial charge in [0.15, 0.2) is 0 Å². The predicted molar refractivity (Wildman–Crippen MR) is 129 cm³/mol. The summed E-state index contributed by atoms with van der Waals surface area (Å²) in [7, 11) is 0. The fraction of sp³-hybridized carbons (Fsp3) is 0.370. The molecule has 1 saturated heterocycles. The Morgan fingerprint density at radius 3 is 2.46 bits per heavy atom. The summed E-state index contributed by atoms with van der Waals surface area (Å²) in [6.45, 7) is 6.40. The largest absolute Gasteiger partial charge is 0.438 e. The number of amides is 1. The van der Waals surface area contributed by atoms with E-state index in [-0.39, 0.29) is 6.54 Å². The lowest BCUT2D eigenvalue weighted by atomic mass is 9.99. The average molecular weight is 479 g/mol. The number of benzene rings is 2. The standard InChI is InChI=1S/C27H28F2N4O2/c1-17-9-12-32(13-10-17)27-30-23-11-14-33(26(34)24-21(28)7-4-8-22(24)29)16-20(23)25(31-27)35-19-6-3-5-18(2)15-19/h3-8,15,17H,9-14,16H2,1-2H3. The minimum atomic E-state index is -0.872. The lowest BCUT2D eigenvalue weighted by Gasteiger charge is -2.33. The van der Waals surface area contributed by atoms with E-state index < -0.39 is 23.1 Å². The van der Waals surface area contributed by atoms with Crippen LogP contribution in [-0.4, -0.2) is 40.4 Å². The number of piperidine rings is 1. The number of carbonyl (C=O) groups excluding carboxylic acids is 1. The van der Waals surface area contributed by atoms with Crippen LogP contribution in [0.25, 0.3) is 0 Å². The molecule has 35 heavy (non-hydrogen) atoms. The first-order valence-electron chi connectivity index (χ1n) is 12.0. The molecule has 0 saturated carbocycles. The molecule has 182 valence electrons. The Morgan fingerprint density at radius 2 is 1.74 bits per heavy atom. The molecular weight excluding hydrogens is 450 g/mol. The van der Waals surface area contributed by atoms with E-state index in [1.165, 1.54) is 11.0 Å². The van der Waals surface area contributed by atoms with Crippen LogP contribution in [0.5, 0.6) is 11.6 Å². The summed E-state index contributed by atoms with van der Waals surface area (Å²) in [4.78, 5) is 26.3. The Balaban J connectivity index is 1.50. The lowest BCUT2D eigenvalue weighted by Crippen LogP contribution is -2.39. The van der Waals surface area contributed by atoms with Crippen LogP contribution in [0, 0.1) is 24.5 Å². The first-order chi connectivity index (χ1) is 16.9.